The molecule has 1 aromatic heterocycles. The molecule has 1 rings (SSSR count). The minimum absolute atomic E-state index is 0.864. The number of hydrogen-bond donors (Lipinski definition) is 1. The Morgan fingerprint density at radius 1 is 1.58 bits per heavy atom. The molecule has 1 heterocycles. The van der Waals surface area contributed by atoms with Crippen LogP contribution < -0.4 is 5.32 Å². The van der Waals surface area contributed by atoms with E-state index in [0.29, 0.717) is 0 Å². The van der Waals surface area contributed by atoms with Crippen molar-refractivity contribution in [3.8, 4) is 0 Å². The highest BCUT2D eigenvalue weighted by molar-refractivity contribution is 7.16. The van der Waals surface area contributed by atoms with Crippen molar-refractivity contribution in [2.24, 2.45) is 0 Å². The summed E-state index contributed by atoms with van der Waals surface area (Å²) in [6, 6.07) is 4.01. The summed E-state index contributed by atoms with van der Waals surface area (Å²) < 4.78 is 0.864. The van der Waals surface area contributed by atoms with Crippen LogP contribution in [0.15, 0.2) is 12.1 Å². The van der Waals surface area contributed by atoms with Crippen LogP contribution in [0.4, 0.5) is 0 Å². The molecule has 1 aromatic rings. The van der Waals surface area contributed by atoms with E-state index in [2.05, 4.69) is 23.3 Å². The second-order valence-corrected chi connectivity index (χ2v) is 4.53. The molecular formula is C8H13ClN2S. The Morgan fingerprint density at radius 3 is 2.83 bits per heavy atom. The summed E-state index contributed by atoms with van der Waals surface area (Å²) in [5.74, 6) is 0. The molecule has 0 aliphatic rings. The van der Waals surface area contributed by atoms with E-state index in [1.54, 1.807) is 11.3 Å². The highest BCUT2D eigenvalue weighted by Gasteiger charge is 2.01. The van der Waals surface area contributed by atoms with Crippen molar-refractivity contribution in [3.05, 3.63) is 21.3 Å². The summed E-state index contributed by atoms with van der Waals surface area (Å²) in [7, 11) is 4.02. The minimum atomic E-state index is 0.864. The van der Waals surface area contributed by atoms with Crippen molar-refractivity contribution >= 4 is 22.9 Å². The molecule has 0 spiro atoms. The molecule has 4 heteroatoms. The molecule has 0 aliphatic carbocycles. The third-order valence-electron chi connectivity index (χ3n) is 1.48. The predicted molar refractivity (Wildman–Crippen MR) is 54.7 cm³/mol. The number of halogens is 1. The third kappa shape index (κ3) is 3.11. The Morgan fingerprint density at radius 2 is 2.33 bits per heavy atom. The topological polar surface area (TPSA) is 15.3 Å². The SMILES string of the molecule is CNCN(C)Cc1ccc(Cl)s1. The van der Waals surface area contributed by atoms with Crippen molar-refractivity contribution in [3.63, 3.8) is 0 Å². The fourth-order valence-corrected chi connectivity index (χ4v) is 2.20. The fourth-order valence-electron chi connectivity index (χ4n) is 1.03. The average molecular weight is 205 g/mol. The minimum Gasteiger partial charge on any atom is -0.307 e. The molecule has 0 aromatic carbocycles. The molecule has 0 bridgehead atoms. The Labute approximate surface area is 82.1 Å². The van der Waals surface area contributed by atoms with Gasteiger partial charge in [-0.3, -0.25) is 4.90 Å². The summed E-state index contributed by atoms with van der Waals surface area (Å²) in [5.41, 5.74) is 0. The van der Waals surface area contributed by atoms with Crippen LogP contribution in [0.5, 0.6) is 0 Å². The Kier molecular flexibility index (Phi) is 4.01. The molecule has 12 heavy (non-hydrogen) atoms. The molecule has 0 amide bonds. The van der Waals surface area contributed by atoms with Crippen molar-refractivity contribution in [1.82, 2.24) is 10.2 Å². The summed E-state index contributed by atoms with van der Waals surface area (Å²) in [5, 5.41) is 3.09. The van der Waals surface area contributed by atoms with Gasteiger partial charge in [-0.15, -0.1) is 11.3 Å². The first-order valence-corrected chi connectivity index (χ1v) is 4.99. The largest absolute Gasteiger partial charge is 0.307 e. The van der Waals surface area contributed by atoms with E-state index in [1.165, 1.54) is 4.88 Å². The van der Waals surface area contributed by atoms with Crippen LogP contribution in [-0.4, -0.2) is 25.7 Å². The summed E-state index contributed by atoms with van der Waals surface area (Å²) in [6.07, 6.45) is 0. The molecule has 0 aliphatic heterocycles. The van der Waals surface area contributed by atoms with Crippen LogP contribution in [0.25, 0.3) is 0 Å². The number of thiophene rings is 1. The standard InChI is InChI=1S/C8H13ClN2S/c1-10-6-11(2)5-7-3-4-8(9)12-7/h3-4,10H,5-6H2,1-2H3. The van der Waals surface area contributed by atoms with Crippen LogP contribution in [0.2, 0.25) is 4.34 Å². The first-order valence-electron chi connectivity index (χ1n) is 3.79. The van der Waals surface area contributed by atoms with Gasteiger partial charge in [0.15, 0.2) is 0 Å². The van der Waals surface area contributed by atoms with Gasteiger partial charge in [0.1, 0.15) is 0 Å². The second kappa shape index (κ2) is 4.82. The van der Waals surface area contributed by atoms with Gasteiger partial charge in [0.2, 0.25) is 0 Å². The van der Waals surface area contributed by atoms with E-state index in [4.69, 9.17) is 11.6 Å². The Balaban J connectivity index is 2.41. The zero-order valence-electron chi connectivity index (χ0n) is 7.30. The lowest BCUT2D eigenvalue weighted by atomic mass is 10.4. The van der Waals surface area contributed by atoms with Gasteiger partial charge in [-0.05, 0) is 26.2 Å². The number of rotatable bonds is 4. The number of nitrogens with one attached hydrogen (secondary N) is 1. The molecule has 0 unspecified atom stereocenters. The van der Waals surface area contributed by atoms with Gasteiger partial charge in [-0.2, -0.15) is 0 Å². The molecule has 0 fully saturated rings. The van der Waals surface area contributed by atoms with Crippen LogP contribution in [0.3, 0.4) is 0 Å². The Bertz CT molecular complexity index is 237. The van der Waals surface area contributed by atoms with E-state index in [1.807, 2.05) is 13.1 Å². The summed E-state index contributed by atoms with van der Waals surface area (Å²) in [6.45, 7) is 1.85. The van der Waals surface area contributed by atoms with Gasteiger partial charge in [0.25, 0.3) is 0 Å². The molecule has 2 nitrogen and oxygen atoms in total. The van der Waals surface area contributed by atoms with Crippen LogP contribution in [0.1, 0.15) is 4.88 Å². The second-order valence-electron chi connectivity index (χ2n) is 2.73. The first kappa shape index (κ1) is 9.99. The molecule has 1 N–H and O–H groups in total. The van der Waals surface area contributed by atoms with Gasteiger partial charge in [0, 0.05) is 18.1 Å². The van der Waals surface area contributed by atoms with Crippen molar-refractivity contribution in [1.29, 1.82) is 0 Å². The monoisotopic (exact) mass is 204 g/mol. The van der Waals surface area contributed by atoms with Gasteiger partial charge in [-0.1, -0.05) is 11.6 Å². The third-order valence-corrected chi connectivity index (χ3v) is 2.70. The van der Waals surface area contributed by atoms with Crippen LogP contribution >= 0.6 is 22.9 Å². The molecule has 0 saturated carbocycles. The molecule has 0 saturated heterocycles. The molecular weight excluding hydrogens is 192 g/mol. The van der Waals surface area contributed by atoms with Crippen molar-refractivity contribution in [2.75, 3.05) is 20.8 Å². The highest BCUT2D eigenvalue weighted by atomic mass is 35.5. The molecule has 0 radical (unpaired) electrons. The lowest BCUT2D eigenvalue weighted by Crippen LogP contribution is -2.27. The van der Waals surface area contributed by atoms with Crippen LogP contribution in [-0.2, 0) is 6.54 Å². The lowest BCUT2D eigenvalue weighted by Gasteiger charge is -2.13. The fraction of sp³-hybridized carbons (Fsp3) is 0.500. The van der Waals surface area contributed by atoms with E-state index >= 15 is 0 Å². The average Bonchev–Trinajstić information content (AvgIpc) is 2.36. The molecule has 0 atom stereocenters. The van der Waals surface area contributed by atoms with Gasteiger partial charge >= 0.3 is 0 Å². The highest BCUT2D eigenvalue weighted by Crippen LogP contribution is 2.21. The summed E-state index contributed by atoms with van der Waals surface area (Å²) in [4.78, 5) is 3.50. The number of hydrogen-bond acceptors (Lipinski definition) is 3. The molecule has 68 valence electrons. The van der Waals surface area contributed by atoms with E-state index in [0.717, 1.165) is 17.5 Å². The van der Waals surface area contributed by atoms with Crippen molar-refractivity contribution in [2.45, 2.75) is 6.54 Å². The van der Waals surface area contributed by atoms with E-state index in [-0.39, 0.29) is 0 Å². The van der Waals surface area contributed by atoms with Gasteiger partial charge in [0.05, 0.1) is 4.34 Å². The lowest BCUT2D eigenvalue weighted by molar-refractivity contribution is 0.312. The smallest absolute Gasteiger partial charge is 0.0931 e. The zero-order chi connectivity index (χ0) is 8.97. The summed E-state index contributed by atoms with van der Waals surface area (Å²) >= 11 is 7.44. The number of nitrogens with zero attached hydrogens (tertiary/aromatic N) is 1. The maximum atomic E-state index is 5.81. The zero-order valence-corrected chi connectivity index (χ0v) is 8.87. The van der Waals surface area contributed by atoms with Crippen molar-refractivity contribution < 1.29 is 0 Å². The first-order chi connectivity index (χ1) is 5.72. The quantitative estimate of drug-likeness (QED) is 0.755. The maximum Gasteiger partial charge on any atom is 0.0931 e. The predicted octanol–water partition coefficient (Wildman–Crippen LogP) is 2.01. The normalized spacial score (nSPS) is 11.0. The van der Waals surface area contributed by atoms with E-state index < -0.39 is 0 Å². The van der Waals surface area contributed by atoms with E-state index in [9.17, 15) is 0 Å². The Hall–Kier alpha value is -0.0900. The van der Waals surface area contributed by atoms with Crippen LogP contribution in [0, 0.1) is 0 Å². The maximum absolute atomic E-state index is 5.81. The van der Waals surface area contributed by atoms with Gasteiger partial charge in [-0.25, -0.2) is 0 Å². The van der Waals surface area contributed by atoms with Gasteiger partial charge < -0.3 is 5.32 Å².